The van der Waals surface area contributed by atoms with Gasteiger partial charge in [0.25, 0.3) is 5.91 Å². The molecule has 0 atom stereocenters. The summed E-state index contributed by atoms with van der Waals surface area (Å²) in [6.07, 6.45) is 0. The van der Waals surface area contributed by atoms with Crippen molar-refractivity contribution in [3.05, 3.63) is 47.7 Å². The van der Waals surface area contributed by atoms with Crippen LogP contribution in [0, 0.1) is 0 Å². The number of aromatic nitrogens is 2. The smallest absolute Gasteiger partial charge is 0.276 e. The molecular weight excluding hydrogens is 288 g/mol. The lowest BCUT2D eigenvalue weighted by atomic mass is 10.0. The summed E-state index contributed by atoms with van der Waals surface area (Å²) in [6.45, 7) is 10.1. The van der Waals surface area contributed by atoms with Crippen LogP contribution in [0.2, 0.25) is 0 Å². The summed E-state index contributed by atoms with van der Waals surface area (Å²) in [4.78, 5) is 14.3. The number of hydrogen-bond acceptors (Lipinski definition) is 4. The number of carbonyl (C=O) groups is 1. The van der Waals surface area contributed by atoms with Crippen LogP contribution >= 0.6 is 0 Å². The minimum Gasteiger partial charge on any atom is -0.356 e. The van der Waals surface area contributed by atoms with Gasteiger partial charge in [0, 0.05) is 18.8 Å². The third kappa shape index (κ3) is 4.28. The van der Waals surface area contributed by atoms with Crippen LogP contribution in [-0.2, 0) is 0 Å². The predicted molar refractivity (Wildman–Crippen MR) is 94.1 cm³/mol. The second-order valence-electron chi connectivity index (χ2n) is 5.68. The molecule has 1 N–H and O–H groups in total. The van der Waals surface area contributed by atoms with Gasteiger partial charge in [0.15, 0.2) is 11.5 Å². The molecule has 23 heavy (non-hydrogen) atoms. The molecule has 0 spiro atoms. The topological polar surface area (TPSA) is 58.1 Å². The van der Waals surface area contributed by atoms with Gasteiger partial charge in [0.05, 0.1) is 0 Å². The fourth-order valence-corrected chi connectivity index (χ4v) is 2.31. The Labute approximate surface area is 137 Å². The highest BCUT2D eigenvalue weighted by molar-refractivity contribution is 6.02. The first-order valence-electron chi connectivity index (χ1n) is 8.05. The zero-order chi connectivity index (χ0) is 16.8. The van der Waals surface area contributed by atoms with E-state index in [1.165, 1.54) is 5.56 Å². The van der Waals surface area contributed by atoms with Gasteiger partial charge in [-0.15, -0.1) is 10.2 Å². The highest BCUT2D eigenvalue weighted by atomic mass is 16.1. The molecule has 1 heterocycles. The van der Waals surface area contributed by atoms with Crippen LogP contribution in [0.1, 0.15) is 49.7 Å². The maximum atomic E-state index is 12.2. The van der Waals surface area contributed by atoms with Gasteiger partial charge in [-0.25, -0.2) is 0 Å². The molecule has 0 aliphatic rings. The number of nitrogens with one attached hydrogen (secondary N) is 1. The van der Waals surface area contributed by atoms with Crippen molar-refractivity contribution in [2.24, 2.45) is 0 Å². The van der Waals surface area contributed by atoms with Gasteiger partial charge in [-0.3, -0.25) is 4.79 Å². The van der Waals surface area contributed by atoms with Crippen molar-refractivity contribution in [3.63, 3.8) is 0 Å². The van der Waals surface area contributed by atoms with Gasteiger partial charge < -0.3 is 10.2 Å². The van der Waals surface area contributed by atoms with E-state index in [9.17, 15) is 4.79 Å². The lowest BCUT2D eigenvalue weighted by Gasteiger charge is -2.18. The van der Waals surface area contributed by atoms with Gasteiger partial charge >= 0.3 is 0 Å². The van der Waals surface area contributed by atoms with E-state index in [1.807, 2.05) is 30.3 Å². The van der Waals surface area contributed by atoms with Gasteiger partial charge in [-0.05, 0) is 49.6 Å². The number of nitrogens with zero attached hydrogens (tertiary/aromatic N) is 3. The van der Waals surface area contributed by atoms with Gasteiger partial charge in [0.1, 0.15) is 0 Å². The molecule has 5 heteroatoms. The van der Waals surface area contributed by atoms with Gasteiger partial charge in [0.2, 0.25) is 0 Å². The first-order valence-corrected chi connectivity index (χ1v) is 8.05. The predicted octanol–water partition coefficient (Wildman–Crippen LogP) is 3.70. The number of benzene rings is 1. The Bertz CT molecular complexity index is 631. The number of rotatable bonds is 6. The number of hydrogen-bond donors (Lipinski definition) is 1. The summed E-state index contributed by atoms with van der Waals surface area (Å²) in [5.74, 6) is 1.01. The van der Waals surface area contributed by atoms with E-state index in [4.69, 9.17) is 0 Å². The highest BCUT2D eigenvalue weighted by Gasteiger charge is 2.11. The molecule has 0 radical (unpaired) electrons. The summed E-state index contributed by atoms with van der Waals surface area (Å²) in [7, 11) is 0. The van der Waals surface area contributed by atoms with Crippen molar-refractivity contribution in [3.8, 4) is 0 Å². The van der Waals surface area contributed by atoms with Crippen LogP contribution < -0.4 is 10.2 Å². The van der Waals surface area contributed by atoms with Crippen LogP contribution in [0.5, 0.6) is 0 Å². The second kappa shape index (κ2) is 7.72. The third-order valence-electron chi connectivity index (χ3n) is 3.81. The minimum absolute atomic E-state index is 0.249. The van der Waals surface area contributed by atoms with Gasteiger partial charge in [-0.1, -0.05) is 26.0 Å². The van der Waals surface area contributed by atoms with Crippen molar-refractivity contribution in [1.29, 1.82) is 0 Å². The lowest BCUT2D eigenvalue weighted by Crippen LogP contribution is -2.24. The van der Waals surface area contributed by atoms with E-state index in [1.54, 1.807) is 6.07 Å². The Morgan fingerprint density at radius 2 is 1.70 bits per heavy atom. The molecule has 122 valence electrons. The maximum absolute atomic E-state index is 12.2. The summed E-state index contributed by atoms with van der Waals surface area (Å²) in [6, 6.07) is 11.4. The fraction of sp³-hybridized carbons (Fsp3) is 0.389. The SMILES string of the molecule is CCN(CC)c1ccc(C(=O)Nc2ccc(C(C)C)cc2)nn1. The third-order valence-corrected chi connectivity index (χ3v) is 3.81. The summed E-state index contributed by atoms with van der Waals surface area (Å²) in [5.41, 5.74) is 2.31. The van der Waals surface area contributed by atoms with Crippen molar-refractivity contribution in [2.75, 3.05) is 23.3 Å². The fourth-order valence-electron chi connectivity index (χ4n) is 2.31. The number of carbonyl (C=O) groups excluding carboxylic acids is 1. The van der Waals surface area contributed by atoms with Crippen LogP contribution in [0.3, 0.4) is 0 Å². The summed E-state index contributed by atoms with van der Waals surface area (Å²) in [5, 5.41) is 11.0. The van der Waals surface area contributed by atoms with Crippen molar-refractivity contribution < 1.29 is 4.79 Å². The zero-order valence-electron chi connectivity index (χ0n) is 14.2. The van der Waals surface area contributed by atoms with E-state index in [0.29, 0.717) is 11.6 Å². The Balaban J connectivity index is 2.05. The average Bonchev–Trinajstić information content (AvgIpc) is 2.57. The van der Waals surface area contributed by atoms with E-state index in [-0.39, 0.29) is 5.91 Å². The Kier molecular flexibility index (Phi) is 5.68. The lowest BCUT2D eigenvalue weighted by molar-refractivity contribution is 0.102. The Morgan fingerprint density at radius 3 is 2.17 bits per heavy atom. The molecule has 0 saturated heterocycles. The molecule has 0 aliphatic carbocycles. The van der Waals surface area contributed by atoms with Crippen molar-refractivity contribution >= 4 is 17.4 Å². The van der Waals surface area contributed by atoms with E-state index in [2.05, 4.69) is 48.1 Å². The van der Waals surface area contributed by atoms with E-state index in [0.717, 1.165) is 24.6 Å². The van der Waals surface area contributed by atoms with Crippen LogP contribution in [0.25, 0.3) is 0 Å². The molecule has 1 aromatic carbocycles. The summed E-state index contributed by atoms with van der Waals surface area (Å²) < 4.78 is 0. The normalized spacial score (nSPS) is 10.7. The molecule has 0 aliphatic heterocycles. The monoisotopic (exact) mass is 312 g/mol. The average molecular weight is 312 g/mol. The molecule has 1 amide bonds. The molecule has 5 nitrogen and oxygen atoms in total. The molecule has 0 fully saturated rings. The minimum atomic E-state index is -0.249. The first-order chi connectivity index (χ1) is 11.0. The quantitative estimate of drug-likeness (QED) is 0.883. The van der Waals surface area contributed by atoms with Crippen LogP contribution in [0.15, 0.2) is 36.4 Å². The second-order valence-corrected chi connectivity index (χ2v) is 5.68. The Hall–Kier alpha value is -2.43. The van der Waals surface area contributed by atoms with Crippen LogP contribution in [0.4, 0.5) is 11.5 Å². The van der Waals surface area contributed by atoms with Crippen LogP contribution in [-0.4, -0.2) is 29.2 Å². The van der Waals surface area contributed by atoms with E-state index < -0.39 is 0 Å². The molecule has 2 rings (SSSR count). The zero-order valence-corrected chi connectivity index (χ0v) is 14.2. The molecule has 0 unspecified atom stereocenters. The molecule has 0 saturated carbocycles. The molecular formula is C18H24N4O. The molecule has 0 bridgehead atoms. The van der Waals surface area contributed by atoms with Gasteiger partial charge in [-0.2, -0.15) is 0 Å². The number of anilines is 2. The van der Waals surface area contributed by atoms with E-state index >= 15 is 0 Å². The summed E-state index contributed by atoms with van der Waals surface area (Å²) >= 11 is 0. The largest absolute Gasteiger partial charge is 0.356 e. The first kappa shape index (κ1) is 16.9. The Morgan fingerprint density at radius 1 is 1.04 bits per heavy atom. The molecule has 1 aromatic heterocycles. The van der Waals surface area contributed by atoms with Crippen molar-refractivity contribution in [2.45, 2.75) is 33.6 Å². The number of amides is 1. The standard InChI is InChI=1S/C18H24N4O/c1-5-22(6-2)17-12-11-16(20-21-17)18(23)19-15-9-7-14(8-10-15)13(3)4/h7-13H,5-6H2,1-4H3,(H,19,23). The maximum Gasteiger partial charge on any atom is 0.276 e. The van der Waals surface area contributed by atoms with Crippen molar-refractivity contribution in [1.82, 2.24) is 10.2 Å². The molecule has 2 aromatic rings. The highest BCUT2D eigenvalue weighted by Crippen LogP contribution is 2.17.